The van der Waals surface area contributed by atoms with Crippen LogP contribution in [0.4, 0.5) is 0 Å². The average Bonchev–Trinajstić information content (AvgIpc) is 3.34. The van der Waals surface area contributed by atoms with Crippen molar-refractivity contribution in [3.8, 4) is 10.8 Å². The van der Waals surface area contributed by atoms with Crippen molar-refractivity contribution in [2.45, 2.75) is 39.2 Å². The van der Waals surface area contributed by atoms with E-state index in [9.17, 15) is 4.79 Å². The molecule has 136 valence electrons. The van der Waals surface area contributed by atoms with Crippen molar-refractivity contribution in [3.63, 3.8) is 0 Å². The van der Waals surface area contributed by atoms with Crippen LogP contribution in [-0.4, -0.2) is 16.2 Å². The van der Waals surface area contributed by atoms with Gasteiger partial charge in [0.15, 0.2) is 6.10 Å². The molecule has 5 nitrogen and oxygen atoms in total. The molecule has 3 aromatic rings. The van der Waals surface area contributed by atoms with E-state index in [1.807, 2.05) is 47.8 Å². The Morgan fingerprint density at radius 3 is 2.58 bits per heavy atom. The Bertz CT molecular complexity index is 830. The predicted molar refractivity (Wildman–Crippen MR) is 101 cm³/mol. The molecule has 0 spiro atoms. The van der Waals surface area contributed by atoms with Gasteiger partial charge in [0.05, 0.1) is 10.8 Å². The largest absolute Gasteiger partial charge is 0.452 e. The van der Waals surface area contributed by atoms with Crippen LogP contribution < -0.4 is 0 Å². The minimum Gasteiger partial charge on any atom is -0.452 e. The van der Waals surface area contributed by atoms with Crippen molar-refractivity contribution in [3.05, 3.63) is 59.3 Å². The van der Waals surface area contributed by atoms with E-state index in [1.54, 1.807) is 6.92 Å². The third-order valence-electron chi connectivity index (χ3n) is 4.44. The fraction of sp³-hybridized carbons (Fsp3) is 0.350. The molecule has 0 aliphatic rings. The Kier molecular flexibility index (Phi) is 5.83. The lowest BCUT2D eigenvalue weighted by molar-refractivity contribution is -0.153. The maximum absolute atomic E-state index is 12.9. The van der Waals surface area contributed by atoms with Crippen molar-refractivity contribution in [1.82, 2.24) is 10.2 Å². The summed E-state index contributed by atoms with van der Waals surface area (Å²) in [6.07, 6.45) is 0.283. The van der Waals surface area contributed by atoms with Gasteiger partial charge in [0.1, 0.15) is 0 Å². The molecule has 1 aromatic carbocycles. The standard InChI is InChI=1S/C20H22N2O3S/c1-4-13(2)17(15-9-6-5-7-10-15)20(23)24-14(3)18-21-22-19(25-18)16-11-8-12-26-16/h5-14,17H,4H2,1-3H3. The maximum atomic E-state index is 12.9. The van der Waals surface area contributed by atoms with Gasteiger partial charge in [-0.1, -0.05) is 56.7 Å². The Hall–Kier alpha value is -2.47. The maximum Gasteiger partial charge on any atom is 0.314 e. The second-order valence-corrected chi connectivity index (χ2v) is 7.22. The highest BCUT2D eigenvalue weighted by Crippen LogP contribution is 2.31. The van der Waals surface area contributed by atoms with Gasteiger partial charge in [-0.2, -0.15) is 0 Å². The molecule has 0 aliphatic heterocycles. The minimum absolute atomic E-state index is 0.168. The Morgan fingerprint density at radius 1 is 1.15 bits per heavy atom. The summed E-state index contributed by atoms with van der Waals surface area (Å²) in [5, 5.41) is 10.0. The fourth-order valence-corrected chi connectivity index (χ4v) is 3.43. The predicted octanol–water partition coefficient (Wildman–Crippen LogP) is 5.23. The van der Waals surface area contributed by atoms with Crippen LogP contribution >= 0.6 is 11.3 Å². The van der Waals surface area contributed by atoms with E-state index in [1.165, 1.54) is 11.3 Å². The molecule has 3 unspecified atom stereocenters. The highest BCUT2D eigenvalue weighted by molar-refractivity contribution is 7.13. The summed E-state index contributed by atoms with van der Waals surface area (Å²) in [6.45, 7) is 5.89. The van der Waals surface area contributed by atoms with Gasteiger partial charge in [-0.25, -0.2) is 0 Å². The third-order valence-corrected chi connectivity index (χ3v) is 5.30. The lowest BCUT2D eigenvalue weighted by atomic mass is 9.85. The van der Waals surface area contributed by atoms with E-state index >= 15 is 0 Å². The van der Waals surface area contributed by atoms with Crippen LogP contribution in [0.3, 0.4) is 0 Å². The monoisotopic (exact) mass is 370 g/mol. The molecular formula is C20H22N2O3S. The number of thiophene rings is 1. The van der Waals surface area contributed by atoms with Crippen molar-refractivity contribution >= 4 is 17.3 Å². The first kappa shape index (κ1) is 18.3. The summed E-state index contributed by atoms with van der Waals surface area (Å²) in [7, 11) is 0. The Balaban J connectivity index is 1.74. The fourth-order valence-electron chi connectivity index (χ4n) is 2.79. The first-order valence-electron chi connectivity index (χ1n) is 8.72. The number of carbonyl (C=O) groups is 1. The van der Waals surface area contributed by atoms with Gasteiger partial charge in [0.25, 0.3) is 11.8 Å². The lowest BCUT2D eigenvalue weighted by Gasteiger charge is -2.23. The molecule has 3 rings (SSSR count). The molecule has 26 heavy (non-hydrogen) atoms. The normalized spacial score (nSPS) is 14.6. The topological polar surface area (TPSA) is 65.2 Å². The number of carbonyl (C=O) groups excluding carboxylic acids is 1. The Morgan fingerprint density at radius 2 is 1.92 bits per heavy atom. The molecule has 0 aliphatic carbocycles. The summed E-state index contributed by atoms with van der Waals surface area (Å²) in [6, 6.07) is 13.6. The van der Waals surface area contributed by atoms with Gasteiger partial charge in [-0.05, 0) is 29.9 Å². The van der Waals surface area contributed by atoms with Gasteiger partial charge in [0.2, 0.25) is 0 Å². The summed E-state index contributed by atoms with van der Waals surface area (Å²) in [4.78, 5) is 13.7. The molecule has 0 N–H and O–H groups in total. The van der Waals surface area contributed by atoms with Crippen LogP contribution in [0.15, 0.2) is 52.3 Å². The van der Waals surface area contributed by atoms with Gasteiger partial charge in [-0.15, -0.1) is 21.5 Å². The quantitative estimate of drug-likeness (QED) is 0.533. The highest BCUT2D eigenvalue weighted by atomic mass is 32.1. The van der Waals surface area contributed by atoms with Crippen LogP contribution in [0, 0.1) is 5.92 Å². The molecule has 0 radical (unpaired) electrons. The lowest BCUT2D eigenvalue weighted by Crippen LogP contribution is -2.23. The number of ether oxygens (including phenoxy) is 1. The molecule has 3 atom stereocenters. The second-order valence-electron chi connectivity index (χ2n) is 6.28. The van der Waals surface area contributed by atoms with Crippen molar-refractivity contribution in [2.75, 3.05) is 0 Å². The number of hydrogen-bond donors (Lipinski definition) is 0. The van der Waals surface area contributed by atoms with Crippen molar-refractivity contribution in [2.24, 2.45) is 5.92 Å². The number of benzene rings is 1. The van der Waals surface area contributed by atoms with E-state index in [4.69, 9.17) is 9.15 Å². The number of rotatable bonds is 7. The van der Waals surface area contributed by atoms with Crippen LogP contribution in [0.25, 0.3) is 10.8 Å². The third kappa shape index (κ3) is 4.02. The SMILES string of the molecule is CCC(C)C(C(=O)OC(C)c1nnc(-c2cccs2)o1)c1ccccc1. The number of esters is 1. The number of hydrogen-bond acceptors (Lipinski definition) is 6. The van der Waals surface area contributed by atoms with Gasteiger partial charge in [-0.3, -0.25) is 4.79 Å². The molecule has 0 fully saturated rings. The van der Waals surface area contributed by atoms with Crippen LogP contribution in [0.1, 0.15) is 50.7 Å². The van der Waals surface area contributed by atoms with E-state index in [2.05, 4.69) is 24.0 Å². The molecule has 0 bridgehead atoms. The summed E-state index contributed by atoms with van der Waals surface area (Å²) in [5.74, 6) is 0.330. The molecule has 0 amide bonds. The summed E-state index contributed by atoms with van der Waals surface area (Å²) >= 11 is 1.52. The highest BCUT2D eigenvalue weighted by Gasteiger charge is 2.30. The van der Waals surface area contributed by atoms with E-state index in [0.29, 0.717) is 11.8 Å². The van der Waals surface area contributed by atoms with Gasteiger partial charge in [0, 0.05) is 0 Å². The second kappa shape index (κ2) is 8.27. The number of aromatic nitrogens is 2. The molecule has 6 heteroatoms. The van der Waals surface area contributed by atoms with Crippen LogP contribution in [0.5, 0.6) is 0 Å². The van der Waals surface area contributed by atoms with Crippen molar-refractivity contribution in [1.29, 1.82) is 0 Å². The van der Waals surface area contributed by atoms with Crippen molar-refractivity contribution < 1.29 is 13.9 Å². The van der Waals surface area contributed by atoms with E-state index in [0.717, 1.165) is 16.9 Å². The van der Waals surface area contributed by atoms with Gasteiger partial charge < -0.3 is 9.15 Å². The zero-order valence-electron chi connectivity index (χ0n) is 15.1. The summed E-state index contributed by atoms with van der Waals surface area (Å²) in [5.41, 5.74) is 0.962. The van der Waals surface area contributed by atoms with Gasteiger partial charge >= 0.3 is 5.97 Å². The number of nitrogens with zero attached hydrogens (tertiary/aromatic N) is 2. The zero-order valence-corrected chi connectivity index (χ0v) is 15.9. The first-order valence-corrected chi connectivity index (χ1v) is 9.60. The molecule has 2 heterocycles. The Labute approximate surface area is 157 Å². The molecular weight excluding hydrogens is 348 g/mol. The zero-order chi connectivity index (χ0) is 18.5. The van der Waals surface area contributed by atoms with E-state index < -0.39 is 6.10 Å². The van der Waals surface area contributed by atoms with Crippen LogP contribution in [-0.2, 0) is 9.53 Å². The molecule has 0 saturated heterocycles. The minimum atomic E-state index is -0.598. The summed E-state index contributed by atoms with van der Waals surface area (Å²) < 4.78 is 11.3. The molecule has 2 aromatic heterocycles. The average molecular weight is 370 g/mol. The van der Waals surface area contributed by atoms with Crippen LogP contribution in [0.2, 0.25) is 0 Å². The first-order chi connectivity index (χ1) is 12.6. The smallest absolute Gasteiger partial charge is 0.314 e. The van der Waals surface area contributed by atoms with E-state index in [-0.39, 0.29) is 17.8 Å². The molecule has 0 saturated carbocycles.